The number of hydrogen-bond donors (Lipinski definition) is 0. The number of halogens is 1. The van der Waals surface area contributed by atoms with E-state index < -0.39 is 10.0 Å². The van der Waals surface area contributed by atoms with Crippen LogP contribution in [0.3, 0.4) is 0 Å². The van der Waals surface area contributed by atoms with Crippen LogP contribution in [0.4, 0.5) is 0 Å². The minimum Gasteiger partial charge on any atom is -0.259 e. The molecule has 0 fully saturated rings. The first-order valence-corrected chi connectivity index (χ1v) is 11.4. The Labute approximate surface area is 186 Å². The van der Waals surface area contributed by atoms with Crippen molar-refractivity contribution in [1.82, 2.24) is 9.29 Å². The molecule has 0 saturated carbocycles. The highest BCUT2D eigenvalue weighted by Gasteiger charge is 2.26. The highest BCUT2D eigenvalue weighted by Crippen LogP contribution is 2.25. The molecule has 0 bridgehead atoms. The van der Waals surface area contributed by atoms with Crippen LogP contribution in [0.5, 0.6) is 0 Å². The Hall–Kier alpha value is -3.24. The van der Waals surface area contributed by atoms with Gasteiger partial charge in [-0.25, -0.2) is 8.42 Å². The molecule has 7 heteroatoms. The van der Waals surface area contributed by atoms with E-state index in [1.165, 1.54) is 16.4 Å². The van der Waals surface area contributed by atoms with Gasteiger partial charge in [-0.2, -0.15) is 9.57 Å². The Morgan fingerprint density at radius 3 is 2.32 bits per heavy atom. The molecule has 0 aliphatic rings. The predicted molar refractivity (Wildman–Crippen MR) is 121 cm³/mol. The number of fused-ring (bicyclic) bond motifs is 1. The fourth-order valence-electron chi connectivity index (χ4n) is 3.35. The summed E-state index contributed by atoms with van der Waals surface area (Å²) in [4.78, 5) is 4.62. The maximum atomic E-state index is 13.5. The van der Waals surface area contributed by atoms with Gasteiger partial charge in [-0.05, 0) is 53.4 Å². The molecule has 0 radical (unpaired) electrons. The third-order valence-electron chi connectivity index (χ3n) is 4.98. The molecule has 0 spiro atoms. The summed E-state index contributed by atoms with van der Waals surface area (Å²) in [6.45, 7) is 0.244. The van der Waals surface area contributed by atoms with Gasteiger partial charge in [0.2, 0.25) is 10.0 Å². The first-order valence-electron chi connectivity index (χ1n) is 9.55. The monoisotopic (exact) mass is 447 g/mol. The molecule has 0 saturated heterocycles. The Morgan fingerprint density at radius 2 is 1.61 bits per heavy atom. The van der Waals surface area contributed by atoms with Crippen LogP contribution in [-0.2, 0) is 23.1 Å². The molecule has 0 aliphatic carbocycles. The lowest BCUT2D eigenvalue weighted by molar-refractivity contribution is 0.398. The zero-order valence-corrected chi connectivity index (χ0v) is 18.0. The summed E-state index contributed by atoms with van der Waals surface area (Å²) in [7, 11) is -3.83. The molecule has 0 amide bonds. The second-order valence-corrected chi connectivity index (χ2v) is 9.39. The summed E-state index contributed by atoms with van der Waals surface area (Å²) in [6, 6.07) is 24.7. The molecule has 0 N–H and O–H groups in total. The van der Waals surface area contributed by atoms with Gasteiger partial charge < -0.3 is 0 Å². The molecule has 4 aromatic rings. The van der Waals surface area contributed by atoms with Gasteiger partial charge in [-0.3, -0.25) is 4.98 Å². The zero-order valence-electron chi connectivity index (χ0n) is 16.4. The second kappa shape index (κ2) is 8.86. The molecule has 1 heterocycles. The van der Waals surface area contributed by atoms with Gasteiger partial charge in [0.1, 0.15) is 0 Å². The van der Waals surface area contributed by atoms with Gasteiger partial charge >= 0.3 is 0 Å². The number of hydrogen-bond acceptors (Lipinski definition) is 4. The Kier molecular flexibility index (Phi) is 6.01. The molecule has 4 rings (SSSR count). The van der Waals surface area contributed by atoms with E-state index in [1.807, 2.05) is 30.3 Å². The third kappa shape index (κ3) is 4.59. The normalized spacial score (nSPS) is 11.5. The average molecular weight is 448 g/mol. The number of aromatic nitrogens is 1. The molecular formula is C24H18ClN3O2S. The lowest BCUT2D eigenvalue weighted by atomic mass is 10.1. The lowest BCUT2D eigenvalue weighted by Gasteiger charge is -2.23. The lowest BCUT2D eigenvalue weighted by Crippen LogP contribution is -2.30. The SMILES string of the molecule is N#Cc1ccc(CN(Cc2nccc3ccccc23)S(=O)(=O)c2ccc(Cl)cc2)cc1. The molecule has 1 aromatic heterocycles. The summed E-state index contributed by atoms with van der Waals surface area (Å²) >= 11 is 5.95. The van der Waals surface area contributed by atoms with Crippen LogP contribution in [0.1, 0.15) is 16.8 Å². The molecule has 0 atom stereocenters. The van der Waals surface area contributed by atoms with E-state index in [0.717, 1.165) is 16.3 Å². The van der Waals surface area contributed by atoms with Crippen molar-refractivity contribution in [2.75, 3.05) is 0 Å². The summed E-state index contributed by atoms with van der Waals surface area (Å²) in [5.41, 5.74) is 1.97. The van der Waals surface area contributed by atoms with Crippen LogP contribution in [-0.4, -0.2) is 17.7 Å². The minimum absolute atomic E-state index is 0.103. The summed E-state index contributed by atoms with van der Waals surface area (Å²) in [6.07, 6.45) is 1.69. The fraction of sp³-hybridized carbons (Fsp3) is 0.0833. The van der Waals surface area contributed by atoms with Crippen molar-refractivity contribution < 1.29 is 8.42 Å². The third-order valence-corrected chi connectivity index (χ3v) is 7.03. The number of nitrogens with zero attached hydrogens (tertiary/aromatic N) is 3. The van der Waals surface area contributed by atoms with Crippen LogP contribution in [0.15, 0.2) is 90.0 Å². The standard InChI is InChI=1S/C24H18ClN3O2S/c25-21-9-11-22(12-10-21)31(29,30)28(16-19-7-5-18(15-26)6-8-19)17-24-23-4-2-1-3-20(23)13-14-27-24/h1-14H,16-17H2. The largest absolute Gasteiger partial charge is 0.259 e. The van der Waals surface area contributed by atoms with E-state index in [-0.39, 0.29) is 18.0 Å². The topological polar surface area (TPSA) is 74.1 Å². The Morgan fingerprint density at radius 1 is 0.903 bits per heavy atom. The van der Waals surface area contributed by atoms with Crippen LogP contribution in [0.25, 0.3) is 10.8 Å². The summed E-state index contributed by atoms with van der Waals surface area (Å²) in [5.74, 6) is 0. The zero-order chi connectivity index (χ0) is 21.8. The van der Waals surface area contributed by atoms with Gasteiger partial charge in [0, 0.05) is 23.2 Å². The quantitative estimate of drug-likeness (QED) is 0.409. The Bertz CT molecular complexity index is 1360. The molecule has 3 aromatic carbocycles. The van der Waals surface area contributed by atoms with Crippen molar-refractivity contribution in [3.63, 3.8) is 0 Å². The number of sulfonamides is 1. The van der Waals surface area contributed by atoms with E-state index in [0.29, 0.717) is 16.3 Å². The van der Waals surface area contributed by atoms with Gasteiger partial charge in [0.15, 0.2) is 0 Å². The van der Waals surface area contributed by atoms with Gasteiger partial charge in [-0.15, -0.1) is 0 Å². The first kappa shape index (κ1) is 21.0. The van der Waals surface area contributed by atoms with Crippen molar-refractivity contribution in [2.24, 2.45) is 0 Å². The van der Waals surface area contributed by atoms with Gasteiger partial charge in [0.25, 0.3) is 0 Å². The molecule has 154 valence electrons. The number of benzene rings is 3. The van der Waals surface area contributed by atoms with E-state index in [9.17, 15) is 8.42 Å². The van der Waals surface area contributed by atoms with Crippen molar-refractivity contribution in [2.45, 2.75) is 18.0 Å². The summed E-state index contributed by atoms with van der Waals surface area (Å²) in [5, 5.41) is 11.4. The van der Waals surface area contributed by atoms with Gasteiger partial charge in [-0.1, -0.05) is 48.0 Å². The minimum atomic E-state index is -3.83. The van der Waals surface area contributed by atoms with Crippen molar-refractivity contribution in [3.05, 3.63) is 107 Å². The Balaban J connectivity index is 1.76. The van der Waals surface area contributed by atoms with Crippen LogP contribution in [0, 0.1) is 11.3 Å². The van der Waals surface area contributed by atoms with Gasteiger partial charge in [0.05, 0.1) is 28.8 Å². The molecular weight excluding hydrogens is 430 g/mol. The fourth-order valence-corrected chi connectivity index (χ4v) is 4.86. The maximum Gasteiger partial charge on any atom is 0.243 e. The number of pyridine rings is 1. The number of nitriles is 1. The van der Waals surface area contributed by atoms with E-state index in [2.05, 4.69) is 11.1 Å². The number of rotatable bonds is 6. The average Bonchev–Trinajstić information content (AvgIpc) is 2.79. The molecule has 0 unspecified atom stereocenters. The van der Waals surface area contributed by atoms with Crippen molar-refractivity contribution in [3.8, 4) is 6.07 Å². The smallest absolute Gasteiger partial charge is 0.243 e. The van der Waals surface area contributed by atoms with Crippen LogP contribution < -0.4 is 0 Å². The maximum absolute atomic E-state index is 13.5. The van der Waals surface area contributed by atoms with E-state index in [1.54, 1.807) is 42.6 Å². The highest BCUT2D eigenvalue weighted by atomic mass is 35.5. The first-order chi connectivity index (χ1) is 15.0. The highest BCUT2D eigenvalue weighted by molar-refractivity contribution is 7.89. The van der Waals surface area contributed by atoms with Crippen LogP contribution in [0.2, 0.25) is 5.02 Å². The van der Waals surface area contributed by atoms with Crippen molar-refractivity contribution >= 4 is 32.4 Å². The molecule has 0 aliphatic heterocycles. The van der Waals surface area contributed by atoms with Crippen LogP contribution >= 0.6 is 11.6 Å². The predicted octanol–water partition coefficient (Wildman–Crippen LogP) is 5.15. The van der Waals surface area contributed by atoms with E-state index >= 15 is 0 Å². The van der Waals surface area contributed by atoms with Crippen molar-refractivity contribution in [1.29, 1.82) is 5.26 Å². The molecule has 5 nitrogen and oxygen atoms in total. The summed E-state index contributed by atoms with van der Waals surface area (Å²) < 4.78 is 28.4. The second-order valence-electron chi connectivity index (χ2n) is 7.01. The van der Waals surface area contributed by atoms with E-state index in [4.69, 9.17) is 16.9 Å². The molecule has 31 heavy (non-hydrogen) atoms.